The Morgan fingerprint density at radius 2 is 1.95 bits per heavy atom. The van der Waals surface area contributed by atoms with Crippen molar-refractivity contribution in [3.8, 4) is 5.75 Å². The SMILES string of the molecule is CCCCCc1ccc(OCCCC(=O)O)c(Cl)c1Cl. The number of aliphatic carboxylic acids is 1. The van der Waals surface area contributed by atoms with Gasteiger partial charge in [-0.3, -0.25) is 4.79 Å². The average Bonchev–Trinajstić information content (AvgIpc) is 2.41. The number of hydrogen-bond donors (Lipinski definition) is 1. The highest BCUT2D eigenvalue weighted by atomic mass is 35.5. The standard InChI is InChI=1S/C15H20Cl2O3/c1-2-3-4-6-11-8-9-12(15(17)14(11)16)20-10-5-7-13(18)19/h8-9H,2-7,10H2,1H3,(H,18,19). The van der Waals surface area contributed by atoms with Gasteiger partial charge in [-0.2, -0.15) is 0 Å². The number of rotatable bonds is 9. The lowest BCUT2D eigenvalue weighted by molar-refractivity contribution is -0.137. The molecule has 0 heterocycles. The molecular weight excluding hydrogens is 299 g/mol. The fourth-order valence-electron chi connectivity index (χ4n) is 1.85. The zero-order valence-electron chi connectivity index (χ0n) is 11.6. The molecule has 1 N–H and O–H groups in total. The van der Waals surface area contributed by atoms with Crippen molar-refractivity contribution >= 4 is 29.2 Å². The highest BCUT2D eigenvalue weighted by Gasteiger charge is 2.11. The molecule has 0 unspecified atom stereocenters. The molecule has 0 atom stereocenters. The topological polar surface area (TPSA) is 46.5 Å². The van der Waals surface area contributed by atoms with Crippen LogP contribution in [0.2, 0.25) is 10.0 Å². The minimum atomic E-state index is -0.830. The van der Waals surface area contributed by atoms with Gasteiger partial charge in [0, 0.05) is 6.42 Å². The Morgan fingerprint density at radius 1 is 1.20 bits per heavy atom. The number of ether oxygens (including phenoxy) is 1. The number of halogens is 2. The van der Waals surface area contributed by atoms with Gasteiger partial charge in [-0.15, -0.1) is 0 Å². The van der Waals surface area contributed by atoms with Crippen molar-refractivity contribution in [1.29, 1.82) is 0 Å². The van der Waals surface area contributed by atoms with Gasteiger partial charge in [-0.25, -0.2) is 0 Å². The van der Waals surface area contributed by atoms with E-state index in [0.29, 0.717) is 28.8 Å². The van der Waals surface area contributed by atoms with Crippen LogP contribution in [0.5, 0.6) is 5.75 Å². The first kappa shape index (κ1) is 17.1. The fraction of sp³-hybridized carbons (Fsp3) is 0.533. The normalized spacial score (nSPS) is 10.6. The summed E-state index contributed by atoms with van der Waals surface area (Å²) in [6.45, 7) is 2.47. The average molecular weight is 319 g/mol. The molecule has 5 heteroatoms. The third-order valence-corrected chi connectivity index (χ3v) is 3.87. The molecule has 3 nitrogen and oxygen atoms in total. The maximum Gasteiger partial charge on any atom is 0.303 e. The Bertz CT molecular complexity index is 447. The van der Waals surface area contributed by atoms with Crippen LogP contribution in [-0.4, -0.2) is 17.7 Å². The van der Waals surface area contributed by atoms with E-state index < -0.39 is 5.97 Å². The molecule has 0 aliphatic carbocycles. The van der Waals surface area contributed by atoms with E-state index in [4.69, 9.17) is 33.0 Å². The Balaban J connectivity index is 2.57. The van der Waals surface area contributed by atoms with Gasteiger partial charge in [0.2, 0.25) is 0 Å². The van der Waals surface area contributed by atoms with Crippen molar-refractivity contribution in [2.24, 2.45) is 0 Å². The molecule has 0 spiro atoms. The number of hydrogen-bond acceptors (Lipinski definition) is 2. The molecule has 20 heavy (non-hydrogen) atoms. The van der Waals surface area contributed by atoms with Crippen LogP contribution in [0.4, 0.5) is 0 Å². The molecule has 0 aliphatic heterocycles. The minimum absolute atomic E-state index is 0.0838. The highest BCUT2D eigenvalue weighted by Crippen LogP contribution is 2.35. The first-order valence-corrected chi connectivity index (χ1v) is 7.63. The lowest BCUT2D eigenvalue weighted by atomic mass is 10.1. The number of benzene rings is 1. The molecule has 0 fully saturated rings. The molecule has 0 saturated heterocycles. The zero-order valence-corrected chi connectivity index (χ0v) is 13.1. The van der Waals surface area contributed by atoms with Gasteiger partial charge in [0.05, 0.1) is 11.6 Å². The Kier molecular flexibility index (Phi) is 7.78. The largest absolute Gasteiger partial charge is 0.492 e. The van der Waals surface area contributed by atoms with Crippen molar-refractivity contribution in [1.82, 2.24) is 0 Å². The quantitative estimate of drug-likeness (QED) is 0.654. The second kappa shape index (κ2) is 9.09. The third kappa shape index (κ3) is 5.59. The van der Waals surface area contributed by atoms with E-state index in [1.165, 1.54) is 6.42 Å². The summed E-state index contributed by atoms with van der Waals surface area (Å²) in [6.07, 6.45) is 4.86. The number of aryl methyl sites for hydroxylation is 1. The van der Waals surface area contributed by atoms with Crippen LogP contribution in [-0.2, 0) is 11.2 Å². The van der Waals surface area contributed by atoms with Gasteiger partial charge in [0.25, 0.3) is 0 Å². The molecule has 0 bridgehead atoms. The van der Waals surface area contributed by atoms with E-state index in [2.05, 4.69) is 6.92 Å². The molecular formula is C15H20Cl2O3. The van der Waals surface area contributed by atoms with Crippen LogP contribution < -0.4 is 4.74 Å². The van der Waals surface area contributed by atoms with Crippen molar-refractivity contribution in [3.05, 3.63) is 27.7 Å². The van der Waals surface area contributed by atoms with E-state index in [1.807, 2.05) is 6.07 Å². The van der Waals surface area contributed by atoms with Crippen molar-refractivity contribution < 1.29 is 14.6 Å². The summed E-state index contributed by atoms with van der Waals surface area (Å²) in [6, 6.07) is 3.73. The van der Waals surface area contributed by atoms with Crippen LogP contribution in [0.15, 0.2) is 12.1 Å². The van der Waals surface area contributed by atoms with Gasteiger partial charge in [-0.05, 0) is 30.9 Å². The molecule has 0 aliphatic rings. The maximum absolute atomic E-state index is 10.4. The number of carboxylic acid groups (broad SMARTS) is 1. The third-order valence-electron chi connectivity index (χ3n) is 2.97. The number of unbranched alkanes of at least 4 members (excludes halogenated alkanes) is 2. The van der Waals surface area contributed by atoms with E-state index in [9.17, 15) is 4.79 Å². The van der Waals surface area contributed by atoms with Gasteiger partial charge >= 0.3 is 5.97 Å². The highest BCUT2D eigenvalue weighted by molar-refractivity contribution is 6.43. The predicted molar refractivity (Wildman–Crippen MR) is 82.1 cm³/mol. The summed E-state index contributed by atoms with van der Waals surface area (Å²) in [5, 5.41) is 9.50. The Morgan fingerprint density at radius 3 is 2.60 bits per heavy atom. The van der Waals surface area contributed by atoms with Crippen LogP contribution in [0.1, 0.15) is 44.6 Å². The Hall–Kier alpha value is -0.930. The molecule has 1 rings (SSSR count). The van der Waals surface area contributed by atoms with E-state index in [0.717, 1.165) is 24.8 Å². The van der Waals surface area contributed by atoms with Crippen molar-refractivity contribution in [3.63, 3.8) is 0 Å². The van der Waals surface area contributed by atoms with Gasteiger partial charge in [-0.1, -0.05) is 49.0 Å². The zero-order chi connectivity index (χ0) is 15.0. The van der Waals surface area contributed by atoms with Crippen LogP contribution in [0, 0.1) is 0 Å². The van der Waals surface area contributed by atoms with Crippen LogP contribution >= 0.6 is 23.2 Å². The van der Waals surface area contributed by atoms with Crippen molar-refractivity contribution in [2.45, 2.75) is 45.4 Å². The summed E-state index contributed by atoms with van der Waals surface area (Å²) in [4.78, 5) is 10.4. The summed E-state index contributed by atoms with van der Waals surface area (Å²) in [7, 11) is 0. The summed E-state index contributed by atoms with van der Waals surface area (Å²) >= 11 is 12.4. The van der Waals surface area contributed by atoms with Gasteiger partial charge in [0.1, 0.15) is 10.8 Å². The Labute approximate surface area is 129 Å². The van der Waals surface area contributed by atoms with Gasteiger partial charge < -0.3 is 9.84 Å². The smallest absolute Gasteiger partial charge is 0.303 e. The molecule has 112 valence electrons. The van der Waals surface area contributed by atoms with Crippen molar-refractivity contribution in [2.75, 3.05) is 6.61 Å². The lowest BCUT2D eigenvalue weighted by Gasteiger charge is -2.11. The van der Waals surface area contributed by atoms with Gasteiger partial charge in [0.15, 0.2) is 0 Å². The minimum Gasteiger partial charge on any atom is -0.492 e. The number of carbonyl (C=O) groups is 1. The van der Waals surface area contributed by atoms with E-state index >= 15 is 0 Å². The van der Waals surface area contributed by atoms with Crippen LogP contribution in [0.3, 0.4) is 0 Å². The maximum atomic E-state index is 10.4. The molecule has 0 aromatic heterocycles. The van der Waals surface area contributed by atoms with E-state index in [1.54, 1.807) is 6.07 Å². The number of carboxylic acids is 1. The van der Waals surface area contributed by atoms with Crippen LogP contribution in [0.25, 0.3) is 0 Å². The lowest BCUT2D eigenvalue weighted by Crippen LogP contribution is -2.02. The predicted octanol–water partition coefficient (Wildman–Crippen LogP) is 4.97. The second-order valence-electron chi connectivity index (χ2n) is 4.65. The molecule has 0 radical (unpaired) electrons. The molecule has 0 amide bonds. The first-order valence-electron chi connectivity index (χ1n) is 6.87. The summed E-state index contributed by atoms with van der Waals surface area (Å²) in [5.74, 6) is -0.315. The monoisotopic (exact) mass is 318 g/mol. The summed E-state index contributed by atoms with van der Waals surface area (Å²) < 4.78 is 5.47. The fourth-order valence-corrected chi connectivity index (χ4v) is 2.34. The van der Waals surface area contributed by atoms with E-state index in [-0.39, 0.29) is 6.42 Å². The first-order chi connectivity index (χ1) is 9.56. The molecule has 1 aromatic carbocycles. The second-order valence-corrected chi connectivity index (χ2v) is 5.41. The molecule has 0 saturated carbocycles. The molecule has 1 aromatic rings. The summed E-state index contributed by atoms with van der Waals surface area (Å²) in [5.41, 5.74) is 1.03.